The molecule has 108 valence electrons. The third-order valence-electron chi connectivity index (χ3n) is 4.02. The summed E-state index contributed by atoms with van der Waals surface area (Å²) in [5, 5.41) is 8.00. The van der Waals surface area contributed by atoms with E-state index in [-0.39, 0.29) is 0 Å². The van der Waals surface area contributed by atoms with E-state index < -0.39 is 0 Å². The third-order valence-corrected chi connectivity index (χ3v) is 4.02. The molecule has 0 radical (unpaired) electrons. The summed E-state index contributed by atoms with van der Waals surface area (Å²) in [7, 11) is 0. The van der Waals surface area contributed by atoms with Crippen molar-refractivity contribution >= 4 is 0 Å². The van der Waals surface area contributed by atoms with E-state index in [0.717, 1.165) is 25.6 Å². The molecule has 1 aliphatic heterocycles. The van der Waals surface area contributed by atoms with E-state index in [1.807, 2.05) is 16.9 Å². The Hall–Kier alpha value is -0.870. The van der Waals surface area contributed by atoms with Crippen molar-refractivity contribution in [2.24, 2.45) is 5.92 Å². The topological polar surface area (TPSA) is 33.1 Å². The van der Waals surface area contributed by atoms with Crippen molar-refractivity contribution in [1.82, 2.24) is 20.0 Å². The van der Waals surface area contributed by atoms with Gasteiger partial charge in [-0.2, -0.15) is 5.10 Å². The normalized spacial score (nSPS) is 25.1. The van der Waals surface area contributed by atoms with Gasteiger partial charge in [-0.3, -0.25) is 9.58 Å². The van der Waals surface area contributed by atoms with Crippen molar-refractivity contribution in [2.75, 3.05) is 19.6 Å². The Morgan fingerprint density at radius 2 is 2.21 bits per heavy atom. The molecular weight excluding hydrogens is 236 g/mol. The number of hydrogen-bond donors (Lipinski definition) is 1. The van der Waals surface area contributed by atoms with Crippen LogP contribution in [-0.2, 0) is 6.54 Å². The first-order valence-corrected chi connectivity index (χ1v) is 7.64. The highest BCUT2D eigenvalue weighted by molar-refractivity contribution is 4.86. The zero-order valence-corrected chi connectivity index (χ0v) is 12.5. The lowest BCUT2D eigenvalue weighted by molar-refractivity contribution is 0.113. The van der Waals surface area contributed by atoms with Gasteiger partial charge in [-0.15, -0.1) is 0 Å². The molecule has 2 atom stereocenters. The molecule has 1 aromatic rings. The van der Waals surface area contributed by atoms with Gasteiger partial charge in [-0.05, 0) is 24.8 Å². The molecule has 0 aliphatic carbocycles. The molecule has 1 N–H and O–H groups in total. The minimum absolute atomic E-state index is 0.653. The lowest BCUT2D eigenvalue weighted by Crippen LogP contribution is -2.57. The van der Waals surface area contributed by atoms with E-state index in [2.05, 4.69) is 42.3 Å². The van der Waals surface area contributed by atoms with Gasteiger partial charge in [0.15, 0.2) is 0 Å². The molecular formula is C15H28N4. The van der Waals surface area contributed by atoms with E-state index in [9.17, 15) is 0 Å². The minimum atomic E-state index is 0.653. The number of aromatic nitrogens is 2. The molecule has 0 amide bonds. The fourth-order valence-electron chi connectivity index (χ4n) is 3.00. The summed E-state index contributed by atoms with van der Waals surface area (Å²) in [5.41, 5.74) is 0. The lowest BCUT2D eigenvalue weighted by Gasteiger charge is -2.40. The van der Waals surface area contributed by atoms with E-state index in [0.29, 0.717) is 12.1 Å². The van der Waals surface area contributed by atoms with Crippen LogP contribution in [0.5, 0.6) is 0 Å². The summed E-state index contributed by atoms with van der Waals surface area (Å²) in [5.74, 6) is 0.767. The van der Waals surface area contributed by atoms with E-state index >= 15 is 0 Å². The van der Waals surface area contributed by atoms with E-state index in [4.69, 9.17) is 0 Å². The molecule has 0 bridgehead atoms. The number of nitrogens with one attached hydrogen (secondary N) is 1. The van der Waals surface area contributed by atoms with Crippen LogP contribution >= 0.6 is 0 Å². The molecule has 4 heteroatoms. The molecule has 0 spiro atoms. The maximum Gasteiger partial charge on any atom is 0.0536 e. The summed E-state index contributed by atoms with van der Waals surface area (Å²) in [6.45, 7) is 11.3. The van der Waals surface area contributed by atoms with Crippen LogP contribution in [0, 0.1) is 5.92 Å². The summed E-state index contributed by atoms with van der Waals surface area (Å²) in [6, 6.07) is 3.33. The van der Waals surface area contributed by atoms with Crippen molar-refractivity contribution in [1.29, 1.82) is 0 Å². The predicted molar refractivity (Wildman–Crippen MR) is 79.1 cm³/mol. The second kappa shape index (κ2) is 7.06. The van der Waals surface area contributed by atoms with Gasteiger partial charge < -0.3 is 5.32 Å². The van der Waals surface area contributed by atoms with Crippen LogP contribution in [0.3, 0.4) is 0 Å². The number of rotatable bonds is 6. The average molecular weight is 264 g/mol. The molecule has 0 aromatic carbocycles. The highest BCUT2D eigenvalue weighted by atomic mass is 15.3. The van der Waals surface area contributed by atoms with Gasteiger partial charge in [0, 0.05) is 44.1 Å². The Kier molecular flexibility index (Phi) is 5.40. The molecule has 0 saturated carbocycles. The van der Waals surface area contributed by atoms with Crippen molar-refractivity contribution in [3.05, 3.63) is 18.5 Å². The van der Waals surface area contributed by atoms with Gasteiger partial charge in [-0.1, -0.05) is 20.8 Å². The highest BCUT2D eigenvalue weighted by Gasteiger charge is 2.26. The van der Waals surface area contributed by atoms with Gasteiger partial charge in [0.2, 0.25) is 0 Å². The predicted octanol–water partition coefficient (Wildman–Crippen LogP) is 1.98. The first-order chi connectivity index (χ1) is 9.19. The van der Waals surface area contributed by atoms with Crippen LogP contribution in [0.15, 0.2) is 18.5 Å². The van der Waals surface area contributed by atoms with Gasteiger partial charge in [0.05, 0.1) is 6.54 Å². The zero-order chi connectivity index (χ0) is 13.7. The molecule has 1 saturated heterocycles. The van der Waals surface area contributed by atoms with E-state index in [1.165, 1.54) is 19.4 Å². The SMILES string of the molecule is CCC1CNC(CC(C)C)CN1CCn1cccn1. The molecule has 2 heterocycles. The van der Waals surface area contributed by atoms with Crippen LogP contribution in [0.2, 0.25) is 0 Å². The second-order valence-electron chi connectivity index (χ2n) is 6.06. The van der Waals surface area contributed by atoms with Gasteiger partial charge in [0.25, 0.3) is 0 Å². The van der Waals surface area contributed by atoms with Crippen LogP contribution in [0.4, 0.5) is 0 Å². The average Bonchev–Trinajstić information content (AvgIpc) is 2.89. The number of hydrogen-bond acceptors (Lipinski definition) is 3. The van der Waals surface area contributed by atoms with Crippen LogP contribution in [0.25, 0.3) is 0 Å². The summed E-state index contributed by atoms with van der Waals surface area (Å²) in [6.07, 6.45) is 6.40. The molecule has 2 rings (SSSR count). The van der Waals surface area contributed by atoms with Crippen LogP contribution < -0.4 is 5.32 Å². The molecule has 2 unspecified atom stereocenters. The third kappa shape index (κ3) is 4.32. The monoisotopic (exact) mass is 264 g/mol. The fourth-order valence-corrected chi connectivity index (χ4v) is 3.00. The largest absolute Gasteiger partial charge is 0.311 e. The Morgan fingerprint density at radius 3 is 2.84 bits per heavy atom. The van der Waals surface area contributed by atoms with E-state index in [1.54, 1.807) is 0 Å². The summed E-state index contributed by atoms with van der Waals surface area (Å²) >= 11 is 0. The summed E-state index contributed by atoms with van der Waals surface area (Å²) in [4.78, 5) is 2.64. The number of nitrogens with zero attached hydrogens (tertiary/aromatic N) is 3. The first kappa shape index (κ1) is 14.5. The smallest absolute Gasteiger partial charge is 0.0536 e. The Morgan fingerprint density at radius 1 is 1.37 bits per heavy atom. The molecule has 19 heavy (non-hydrogen) atoms. The van der Waals surface area contributed by atoms with Gasteiger partial charge in [0.1, 0.15) is 0 Å². The molecule has 4 nitrogen and oxygen atoms in total. The minimum Gasteiger partial charge on any atom is -0.311 e. The second-order valence-corrected chi connectivity index (χ2v) is 6.06. The molecule has 1 aliphatic rings. The molecule has 1 fully saturated rings. The number of piperazine rings is 1. The Balaban J connectivity index is 1.86. The van der Waals surface area contributed by atoms with Crippen molar-refractivity contribution in [2.45, 2.75) is 52.2 Å². The maximum atomic E-state index is 4.29. The van der Waals surface area contributed by atoms with Crippen LogP contribution in [-0.4, -0.2) is 46.4 Å². The van der Waals surface area contributed by atoms with Crippen LogP contribution in [0.1, 0.15) is 33.6 Å². The van der Waals surface area contributed by atoms with Crippen molar-refractivity contribution in [3.63, 3.8) is 0 Å². The first-order valence-electron chi connectivity index (χ1n) is 7.64. The lowest BCUT2D eigenvalue weighted by atomic mass is 9.99. The fraction of sp³-hybridized carbons (Fsp3) is 0.800. The summed E-state index contributed by atoms with van der Waals surface area (Å²) < 4.78 is 2.03. The van der Waals surface area contributed by atoms with Crippen molar-refractivity contribution in [3.8, 4) is 0 Å². The highest BCUT2D eigenvalue weighted by Crippen LogP contribution is 2.15. The standard InChI is InChI=1S/C15H28N4/c1-4-15-11-16-14(10-13(2)3)12-18(15)8-9-19-7-5-6-17-19/h5-7,13-16H,4,8-12H2,1-3H3. The van der Waals surface area contributed by atoms with Crippen molar-refractivity contribution < 1.29 is 0 Å². The van der Waals surface area contributed by atoms with Gasteiger partial charge >= 0.3 is 0 Å². The Labute approximate surface area is 117 Å². The maximum absolute atomic E-state index is 4.29. The van der Waals surface area contributed by atoms with Gasteiger partial charge in [-0.25, -0.2) is 0 Å². The zero-order valence-electron chi connectivity index (χ0n) is 12.5. The Bertz CT molecular complexity index is 347. The molecule has 1 aromatic heterocycles. The quantitative estimate of drug-likeness (QED) is 0.853.